The standard InChI is InChI=1S/C12H9F2NO/c1-12(2,6-15)10-8(13)5-9-7(11(10)14)3-4-16-9/h3-5H,1-2H3. The van der Waals surface area contributed by atoms with Crippen molar-refractivity contribution in [2.24, 2.45) is 0 Å². The lowest BCUT2D eigenvalue weighted by molar-refractivity contribution is 0.512. The monoisotopic (exact) mass is 221 g/mol. The number of halogens is 2. The van der Waals surface area contributed by atoms with Gasteiger partial charge in [-0.3, -0.25) is 0 Å². The molecule has 2 rings (SSSR count). The third-order valence-electron chi connectivity index (χ3n) is 2.55. The Labute approximate surface area is 91.1 Å². The van der Waals surface area contributed by atoms with Crippen LogP contribution in [-0.4, -0.2) is 0 Å². The molecule has 0 radical (unpaired) electrons. The molecule has 1 aromatic carbocycles. The van der Waals surface area contributed by atoms with Gasteiger partial charge >= 0.3 is 0 Å². The minimum atomic E-state index is -1.21. The van der Waals surface area contributed by atoms with E-state index in [1.807, 2.05) is 6.07 Å². The number of benzene rings is 1. The minimum absolute atomic E-state index is 0.146. The predicted molar refractivity (Wildman–Crippen MR) is 54.8 cm³/mol. The maximum atomic E-state index is 14.0. The van der Waals surface area contributed by atoms with Gasteiger partial charge in [-0.15, -0.1) is 0 Å². The molecule has 0 saturated carbocycles. The topological polar surface area (TPSA) is 36.9 Å². The van der Waals surface area contributed by atoms with E-state index in [0.29, 0.717) is 0 Å². The van der Waals surface area contributed by atoms with Crippen molar-refractivity contribution in [1.29, 1.82) is 5.26 Å². The van der Waals surface area contributed by atoms with E-state index in [9.17, 15) is 8.78 Å². The van der Waals surface area contributed by atoms with Gasteiger partial charge in [0.2, 0.25) is 0 Å². The van der Waals surface area contributed by atoms with E-state index < -0.39 is 17.0 Å². The summed E-state index contributed by atoms with van der Waals surface area (Å²) in [5.41, 5.74) is -1.28. The first-order valence-corrected chi connectivity index (χ1v) is 4.74. The van der Waals surface area contributed by atoms with Gasteiger partial charge < -0.3 is 4.42 Å². The molecule has 0 aliphatic carbocycles. The second-order valence-corrected chi connectivity index (χ2v) is 4.12. The maximum absolute atomic E-state index is 14.0. The van der Waals surface area contributed by atoms with Crippen LogP contribution in [0, 0.1) is 23.0 Å². The number of furan rings is 1. The predicted octanol–water partition coefficient (Wildman–Crippen LogP) is 3.51. The van der Waals surface area contributed by atoms with Crippen molar-refractivity contribution in [3.63, 3.8) is 0 Å². The molecule has 1 aromatic heterocycles. The van der Waals surface area contributed by atoms with Crippen LogP contribution in [0.15, 0.2) is 22.8 Å². The fraction of sp³-hybridized carbons (Fsp3) is 0.250. The highest BCUT2D eigenvalue weighted by Gasteiger charge is 2.29. The summed E-state index contributed by atoms with van der Waals surface area (Å²) in [5.74, 6) is -1.48. The largest absolute Gasteiger partial charge is 0.464 e. The van der Waals surface area contributed by atoms with Crippen molar-refractivity contribution in [1.82, 2.24) is 0 Å². The van der Waals surface area contributed by atoms with Crippen LogP contribution in [0.1, 0.15) is 19.4 Å². The molecule has 0 amide bonds. The number of fused-ring (bicyclic) bond motifs is 1. The van der Waals surface area contributed by atoms with Gasteiger partial charge in [0.05, 0.1) is 23.1 Å². The molecular weight excluding hydrogens is 212 g/mol. The Morgan fingerprint density at radius 1 is 1.38 bits per heavy atom. The minimum Gasteiger partial charge on any atom is -0.464 e. The quantitative estimate of drug-likeness (QED) is 0.738. The van der Waals surface area contributed by atoms with Gasteiger partial charge in [0.1, 0.15) is 17.2 Å². The number of hydrogen-bond donors (Lipinski definition) is 0. The summed E-state index contributed by atoms with van der Waals surface area (Å²) in [6.45, 7) is 2.95. The summed E-state index contributed by atoms with van der Waals surface area (Å²) >= 11 is 0. The van der Waals surface area contributed by atoms with Crippen LogP contribution < -0.4 is 0 Å². The van der Waals surface area contributed by atoms with Crippen molar-refractivity contribution >= 4 is 11.0 Å². The Kier molecular flexibility index (Phi) is 2.20. The Morgan fingerprint density at radius 2 is 2.06 bits per heavy atom. The van der Waals surface area contributed by atoms with E-state index >= 15 is 0 Å². The Balaban J connectivity index is 2.85. The summed E-state index contributed by atoms with van der Waals surface area (Å²) in [6, 6.07) is 4.41. The smallest absolute Gasteiger partial charge is 0.142 e. The summed E-state index contributed by atoms with van der Waals surface area (Å²) in [5, 5.41) is 9.11. The SMILES string of the molecule is CC(C)(C#N)c1c(F)cc2occc2c1F. The van der Waals surface area contributed by atoms with Crippen molar-refractivity contribution < 1.29 is 13.2 Å². The third-order valence-corrected chi connectivity index (χ3v) is 2.55. The average molecular weight is 221 g/mol. The highest BCUT2D eigenvalue weighted by molar-refractivity contribution is 5.79. The van der Waals surface area contributed by atoms with Crippen LogP contribution in [0.3, 0.4) is 0 Å². The van der Waals surface area contributed by atoms with E-state index in [2.05, 4.69) is 0 Å². The molecule has 0 fully saturated rings. The van der Waals surface area contributed by atoms with Gasteiger partial charge in [-0.25, -0.2) is 8.78 Å². The van der Waals surface area contributed by atoms with E-state index in [1.54, 1.807) is 0 Å². The van der Waals surface area contributed by atoms with Gasteiger partial charge in [0.25, 0.3) is 0 Å². The fourth-order valence-corrected chi connectivity index (χ4v) is 1.67. The van der Waals surface area contributed by atoms with Gasteiger partial charge in [0, 0.05) is 11.6 Å². The van der Waals surface area contributed by atoms with Crippen LogP contribution in [0.25, 0.3) is 11.0 Å². The molecule has 1 heterocycles. The van der Waals surface area contributed by atoms with Crippen LogP contribution in [-0.2, 0) is 5.41 Å². The Bertz CT molecular complexity index is 593. The zero-order valence-corrected chi connectivity index (χ0v) is 8.84. The Morgan fingerprint density at radius 3 is 2.69 bits per heavy atom. The first kappa shape index (κ1) is 10.6. The molecule has 82 valence electrons. The molecule has 0 saturated heterocycles. The van der Waals surface area contributed by atoms with Crippen molar-refractivity contribution in [3.05, 3.63) is 35.6 Å². The molecule has 0 atom stereocenters. The zero-order valence-electron chi connectivity index (χ0n) is 8.84. The molecule has 0 spiro atoms. The molecule has 0 aliphatic rings. The summed E-state index contributed by atoms with van der Waals surface area (Å²) in [6.07, 6.45) is 1.29. The highest BCUT2D eigenvalue weighted by Crippen LogP contribution is 2.32. The highest BCUT2D eigenvalue weighted by atomic mass is 19.1. The summed E-state index contributed by atoms with van der Waals surface area (Å²) in [7, 11) is 0. The second kappa shape index (κ2) is 3.31. The summed E-state index contributed by atoms with van der Waals surface area (Å²) in [4.78, 5) is 0. The Hall–Kier alpha value is -1.89. The zero-order chi connectivity index (χ0) is 11.9. The van der Waals surface area contributed by atoms with Crippen LogP contribution in [0.2, 0.25) is 0 Å². The van der Waals surface area contributed by atoms with Gasteiger partial charge in [-0.05, 0) is 19.9 Å². The molecule has 0 aliphatic heterocycles. The summed E-state index contributed by atoms with van der Waals surface area (Å²) < 4.78 is 32.6. The van der Waals surface area contributed by atoms with Crippen LogP contribution in [0.5, 0.6) is 0 Å². The molecular formula is C12H9F2NO. The number of rotatable bonds is 1. The molecule has 0 N–H and O–H groups in total. The second-order valence-electron chi connectivity index (χ2n) is 4.12. The maximum Gasteiger partial charge on any atom is 0.142 e. The molecule has 0 unspecified atom stereocenters. The van der Waals surface area contributed by atoms with Gasteiger partial charge in [-0.1, -0.05) is 0 Å². The number of nitriles is 1. The number of nitrogens with zero attached hydrogens (tertiary/aromatic N) is 1. The fourth-order valence-electron chi connectivity index (χ4n) is 1.67. The molecule has 0 bridgehead atoms. The van der Waals surface area contributed by atoms with E-state index in [4.69, 9.17) is 9.68 Å². The lowest BCUT2D eigenvalue weighted by Gasteiger charge is -2.17. The van der Waals surface area contributed by atoms with Gasteiger partial charge in [0.15, 0.2) is 0 Å². The lowest BCUT2D eigenvalue weighted by atomic mass is 9.85. The van der Waals surface area contributed by atoms with Crippen molar-refractivity contribution in [2.75, 3.05) is 0 Å². The van der Waals surface area contributed by atoms with E-state index in [0.717, 1.165) is 6.07 Å². The first-order chi connectivity index (χ1) is 7.47. The molecule has 2 nitrogen and oxygen atoms in total. The van der Waals surface area contributed by atoms with Crippen molar-refractivity contribution in [2.45, 2.75) is 19.3 Å². The normalized spacial score (nSPS) is 11.7. The first-order valence-electron chi connectivity index (χ1n) is 4.74. The number of hydrogen-bond acceptors (Lipinski definition) is 2. The van der Waals surface area contributed by atoms with Gasteiger partial charge in [-0.2, -0.15) is 5.26 Å². The average Bonchev–Trinajstić information content (AvgIpc) is 2.65. The van der Waals surface area contributed by atoms with Crippen LogP contribution in [0.4, 0.5) is 8.78 Å². The van der Waals surface area contributed by atoms with E-state index in [1.165, 1.54) is 26.2 Å². The van der Waals surface area contributed by atoms with E-state index in [-0.39, 0.29) is 16.5 Å². The lowest BCUT2D eigenvalue weighted by Crippen LogP contribution is -2.18. The molecule has 16 heavy (non-hydrogen) atoms. The van der Waals surface area contributed by atoms with Crippen LogP contribution >= 0.6 is 0 Å². The third kappa shape index (κ3) is 1.36. The van der Waals surface area contributed by atoms with Crippen molar-refractivity contribution in [3.8, 4) is 6.07 Å². The molecule has 2 aromatic rings. The molecule has 4 heteroatoms.